The number of nitrogens with zero attached hydrogens (tertiary/aromatic N) is 2. The molecule has 2 nitrogen and oxygen atoms in total. The van der Waals surface area contributed by atoms with E-state index < -0.39 is 11.7 Å². The third kappa shape index (κ3) is 4.33. The van der Waals surface area contributed by atoms with E-state index in [1.54, 1.807) is 6.07 Å². The minimum absolute atomic E-state index is 0.542. The van der Waals surface area contributed by atoms with Gasteiger partial charge in [0.1, 0.15) is 0 Å². The standard InChI is InChI=1S/C16H17F3N2/c17-16(18,19)15-5-3-4-14(12-15)13-6-10-21(11-7-13)9-2-1-8-20/h3-6,12H,1-2,7,9-11H2. The highest BCUT2D eigenvalue weighted by molar-refractivity contribution is 5.67. The zero-order valence-electron chi connectivity index (χ0n) is 11.7. The summed E-state index contributed by atoms with van der Waals surface area (Å²) in [5, 5.41) is 8.51. The topological polar surface area (TPSA) is 27.0 Å². The predicted molar refractivity (Wildman–Crippen MR) is 75.3 cm³/mol. The number of hydrogen-bond acceptors (Lipinski definition) is 2. The second-order valence-electron chi connectivity index (χ2n) is 5.12. The monoisotopic (exact) mass is 294 g/mol. The second-order valence-corrected chi connectivity index (χ2v) is 5.12. The van der Waals surface area contributed by atoms with Crippen molar-refractivity contribution in [1.82, 2.24) is 4.90 Å². The average molecular weight is 294 g/mol. The van der Waals surface area contributed by atoms with Crippen molar-refractivity contribution >= 4 is 5.57 Å². The fourth-order valence-corrected chi connectivity index (χ4v) is 2.45. The maximum Gasteiger partial charge on any atom is 0.416 e. The van der Waals surface area contributed by atoms with E-state index in [9.17, 15) is 13.2 Å². The molecule has 112 valence electrons. The van der Waals surface area contributed by atoms with Crippen molar-refractivity contribution in [2.24, 2.45) is 0 Å². The van der Waals surface area contributed by atoms with Crippen molar-refractivity contribution in [3.63, 3.8) is 0 Å². The molecule has 1 aromatic rings. The Balaban J connectivity index is 2.02. The largest absolute Gasteiger partial charge is 0.416 e. The van der Waals surface area contributed by atoms with E-state index in [0.717, 1.165) is 44.1 Å². The number of unbranched alkanes of at least 4 members (excludes halogenated alkanes) is 1. The summed E-state index contributed by atoms with van der Waals surface area (Å²) < 4.78 is 38.1. The summed E-state index contributed by atoms with van der Waals surface area (Å²) in [4.78, 5) is 2.22. The molecular formula is C16H17F3N2. The summed E-state index contributed by atoms with van der Waals surface area (Å²) in [6, 6.07) is 7.62. The molecule has 0 aliphatic carbocycles. The Labute approximate surface area is 122 Å². The Morgan fingerprint density at radius 1 is 1.29 bits per heavy atom. The van der Waals surface area contributed by atoms with Gasteiger partial charge >= 0.3 is 6.18 Å². The second kappa shape index (κ2) is 6.77. The molecule has 0 saturated heterocycles. The van der Waals surface area contributed by atoms with Gasteiger partial charge in [-0.3, -0.25) is 4.90 Å². The maximum atomic E-state index is 12.7. The molecular weight excluding hydrogens is 277 g/mol. The smallest absolute Gasteiger partial charge is 0.299 e. The molecule has 1 aliphatic heterocycles. The van der Waals surface area contributed by atoms with Crippen molar-refractivity contribution in [3.8, 4) is 6.07 Å². The highest BCUT2D eigenvalue weighted by Gasteiger charge is 2.30. The molecule has 0 fully saturated rings. The molecule has 1 aromatic carbocycles. The van der Waals surface area contributed by atoms with Gasteiger partial charge in [0.2, 0.25) is 0 Å². The molecule has 21 heavy (non-hydrogen) atoms. The predicted octanol–water partition coefficient (Wildman–Crippen LogP) is 4.10. The molecule has 0 N–H and O–H groups in total. The van der Waals surface area contributed by atoms with Crippen LogP contribution in [0, 0.1) is 11.3 Å². The van der Waals surface area contributed by atoms with Gasteiger partial charge in [-0.05, 0) is 42.7 Å². The molecule has 0 amide bonds. The SMILES string of the molecule is N#CCCCN1CC=C(c2cccc(C(F)(F)F)c2)CC1. The quantitative estimate of drug-likeness (QED) is 0.782. The first-order valence-corrected chi connectivity index (χ1v) is 6.96. The number of nitriles is 1. The van der Waals surface area contributed by atoms with Gasteiger partial charge in [0, 0.05) is 19.5 Å². The van der Waals surface area contributed by atoms with Gasteiger partial charge in [0.25, 0.3) is 0 Å². The van der Waals surface area contributed by atoms with Crippen LogP contribution in [0.3, 0.4) is 0 Å². The van der Waals surface area contributed by atoms with Crippen molar-refractivity contribution < 1.29 is 13.2 Å². The number of rotatable bonds is 4. The van der Waals surface area contributed by atoms with Crippen LogP contribution >= 0.6 is 0 Å². The van der Waals surface area contributed by atoms with Gasteiger partial charge in [-0.15, -0.1) is 0 Å². The first-order chi connectivity index (χ1) is 10.0. The van der Waals surface area contributed by atoms with E-state index in [-0.39, 0.29) is 0 Å². The van der Waals surface area contributed by atoms with E-state index in [0.29, 0.717) is 12.0 Å². The number of benzene rings is 1. The van der Waals surface area contributed by atoms with Gasteiger partial charge < -0.3 is 0 Å². The van der Waals surface area contributed by atoms with Gasteiger partial charge in [-0.2, -0.15) is 18.4 Å². The van der Waals surface area contributed by atoms with Crippen molar-refractivity contribution in [3.05, 3.63) is 41.5 Å². The van der Waals surface area contributed by atoms with Crippen LogP contribution in [0.2, 0.25) is 0 Å². The minimum Gasteiger partial charge on any atom is -0.299 e. The van der Waals surface area contributed by atoms with Crippen LogP contribution < -0.4 is 0 Å². The van der Waals surface area contributed by atoms with Crippen molar-refractivity contribution in [2.45, 2.75) is 25.4 Å². The van der Waals surface area contributed by atoms with Gasteiger partial charge in [-0.25, -0.2) is 0 Å². The van der Waals surface area contributed by atoms with Crippen LogP contribution in [0.15, 0.2) is 30.3 Å². The molecule has 0 spiro atoms. The molecule has 0 bridgehead atoms. The highest BCUT2D eigenvalue weighted by atomic mass is 19.4. The Bertz CT molecular complexity index is 555. The highest BCUT2D eigenvalue weighted by Crippen LogP contribution is 2.32. The summed E-state index contributed by atoms with van der Waals surface area (Å²) in [5.41, 5.74) is 1.02. The zero-order chi connectivity index (χ0) is 15.3. The lowest BCUT2D eigenvalue weighted by atomic mass is 9.97. The van der Waals surface area contributed by atoms with E-state index >= 15 is 0 Å². The minimum atomic E-state index is -4.30. The molecule has 0 atom stereocenters. The summed E-state index contributed by atoms with van der Waals surface area (Å²) in [6.07, 6.45) is -0.183. The molecule has 1 aliphatic rings. The summed E-state index contributed by atoms with van der Waals surface area (Å²) >= 11 is 0. The van der Waals surface area contributed by atoms with Crippen LogP contribution in [-0.2, 0) is 6.18 Å². The Morgan fingerprint density at radius 3 is 2.71 bits per heavy atom. The third-order valence-electron chi connectivity index (χ3n) is 3.62. The Hall–Kier alpha value is -1.80. The van der Waals surface area contributed by atoms with Gasteiger partial charge in [0.15, 0.2) is 0 Å². The average Bonchev–Trinajstić information content (AvgIpc) is 2.47. The summed E-state index contributed by atoms with van der Waals surface area (Å²) in [5.74, 6) is 0. The first kappa shape index (κ1) is 15.6. The van der Waals surface area contributed by atoms with Crippen LogP contribution in [0.1, 0.15) is 30.4 Å². The Kier molecular flexibility index (Phi) is 5.03. The van der Waals surface area contributed by atoms with E-state index in [1.165, 1.54) is 12.1 Å². The zero-order valence-corrected chi connectivity index (χ0v) is 11.7. The fourth-order valence-electron chi connectivity index (χ4n) is 2.45. The van der Waals surface area contributed by atoms with Gasteiger partial charge in [0.05, 0.1) is 11.6 Å². The number of hydrogen-bond donors (Lipinski definition) is 0. The summed E-state index contributed by atoms with van der Waals surface area (Å²) in [6.45, 7) is 2.42. The summed E-state index contributed by atoms with van der Waals surface area (Å²) in [7, 11) is 0. The van der Waals surface area contributed by atoms with E-state index in [2.05, 4.69) is 11.0 Å². The molecule has 0 unspecified atom stereocenters. The number of alkyl halides is 3. The van der Waals surface area contributed by atoms with Crippen molar-refractivity contribution in [1.29, 1.82) is 5.26 Å². The fraction of sp³-hybridized carbons (Fsp3) is 0.438. The van der Waals surface area contributed by atoms with Crippen LogP contribution in [0.25, 0.3) is 5.57 Å². The number of halogens is 3. The van der Waals surface area contributed by atoms with Crippen LogP contribution in [-0.4, -0.2) is 24.5 Å². The lowest BCUT2D eigenvalue weighted by Gasteiger charge is -2.26. The van der Waals surface area contributed by atoms with Crippen molar-refractivity contribution in [2.75, 3.05) is 19.6 Å². The normalized spacial score (nSPS) is 16.4. The Morgan fingerprint density at radius 2 is 2.10 bits per heavy atom. The first-order valence-electron chi connectivity index (χ1n) is 6.96. The molecule has 5 heteroatoms. The molecule has 0 radical (unpaired) electrons. The van der Waals surface area contributed by atoms with Crippen LogP contribution in [0.4, 0.5) is 13.2 Å². The lowest BCUT2D eigenvalue weighted by Crippen LogP contribution is -2.29. The maximum absolute atomic E-state index is 12.7. The molecule has 2 rings (SSSR count). The van der Waals surface area contributed by atoms with E-state index in [1.807, 2.05) is 6.08 Å². The van der Waals surface area contributed by atoms with E-state index in [4.69, 9.17) is 5.26 Å². The third-order valence-corrected chi connectivity index (χ3v) is 3.62. The molecule has 0 aromatic heterocycles. The lowest BCUT2D eigenvalue weighted by molar-refractivity contribution is -0.137. The molecule has 0 saturated carbocycles. The molecule has 1 heterocycles. The van der Waals surface area contributed by atoms with Gasteiger partial charge in [-0.1, -0.05) is 18.2 Å². The van der Waals surface area contributed by atoms with Crippen LogP contribution in [0.5, 0.6) is 0 Å².